The van der Waals surface area contributed by atoms with Gasteiger partial charge in [0.25, 0.3) is 0 Å². The maximum atomic E-state index is 9.32. The van der Waals surface area contributed by atoms with Gasteiger partial charge in [-0.05, 0) is 54.5 Å². The molecule has 1 fully saturated rings. The Morgan fingerprint density at radius 1 is 1.35 bits per heavy atom. The topological polar surface area (TPSA) is 57.2 Å². The van der Waals surface area contributed by atoms with E-state index >= 15 is 0 Å². The fourth-order valence-corrected chi connectivity index (χ4v) is 4.52. The number of pyridine rings is 1. The van der Waals surface area contributed by atoms with Gasteiger partial charge < -0.3 is 0 Å². The molecule has 0 radical (unpaired) electrons. The summed E-state index contributed by atoms with van der Waals surface area (Å²) in [4.78, 5) is 2.40. The molecule has 2 aromatic heterocycles. The number of piperidine rings is 1. The second kappa shape index (κ2) is 6.98. The third-order valence-electron chi connectivity index (χ3n) is 5.30. The standard InChI is InChI=1S/C20H22BrN5/c1-13(2)19-17-8-15(21)5-6-16(17)20-24-23-12-26(20)18(19)11-25-7-3-4-14(9-22)10-25/h5-6,8,12-14H,3-4,7,10-11H2,1-2H3/t14-/m0/s1. The Morgan fingerprint density at radius 3 is 2.96 bits per heavy atom. The zero-order chi connectivity index (χ0) is 18.3. The van der Waals surface area contributed by atoms with E-state index in [4.69, 9.17) is 0 Å². The van der Waals surface area contributed by atoms with Gasteiger partial charge in [-0.25, -0.2) is 0 Å². The van der Waals surface area contributed by atoms with Crippen LogP contribution in [-0.2, 0) is 6.54 Å². The van der Waals surface area contributed by atoms with E-state index in [0.717, 1.165) is 48.0 Å². The molecule has 1 aromatic carbocycles. The van der Waals surface area contributed by atoms with Gasteiger partial charge in [-0.15, -0.1) is 10.2 Å². The molecule has 0 amide bonds. The summed E-state index contributed by atoms with van der Waals surface area (Å²) in [7, 11) is 0. The normalized spacial score (nSPS) is 18.7. The number of benzene rings is 1. The second-order valence-electron chi connectivity index (χ2n) is 7.43. The lowest BCUT2D eigenvalue weighted by Crippen LogP contribution is -2.35. The van der Waals surface area contributed by atoms with E-state index in [-0.39, 0.29) is 5.92 Å². The third kappa shape index (κ3) is 3.00. The van der Waals surface area contributed by atoms with Crippen LogP contribution < -0.4 is 0 Å². The van der Waals surface area contributed by atoms with Crippen LogP contribution >= 0.6 is 15.9 Å². The highest BCUT2D eigenvalue weighted by Gasteiger charge is 2.24. The smallest absolute Gasteiger partial charge is 0.168 e. The van der Waals surface area contributed by atoms with Crippen LogP contribution in [-0.4, -0.2) is 32.6 Å². The highest BCUT2D eigenvalue weighted by molar-refractivity contribution is 9.10. The summed E-state index contributed by atoms with van der Waals surface area (Å²) in [6.07, 6.45) is 3.92. The summed E-state index contributed by atoms with van der Waals surface area (Å²) in [6, 6.07) is 8.81. The molecular weight excluding hydrogens is 390 g/mol. The first kappa shape index (κ1) is 17.4. The predicted octanol–water partition coefficient (Wildman–Crippen LogP) is 4.50. The largest absolute Gasteiger partial charge is 0.296 e. The zero-order valence-corrected chi connectivity index (χ0v) is 16.7. The van der Waals surface area contributed by atoms with Crippen molar-refractivity contribution in [1.29, 1.82) is 5.26 Å². The minimum Gasteiger partial charge on any atom is -0.296 e. The van der Waals surface area contributed by atoms with E-state index in [1.54, 1.807) is 0 Å². The molecule has 0 saturated carbocycles. The minimum absolute atomic E-state index is 0.136. The summed E-state index contributed by atoms with van der Waals surface area (Å²) in [5, 5.41) is 20.3. The average Bonchev–Trinajstić information content (AvgIpc) is 3.11. The number of fused-ring (bicyclic) bond motifs is 3. The first-order valence-electron chi connectivity index (χ1n) is 9.14. The monoisotopic (exact) mass is 411 g/mol. The number of likely N-dealkylation sites (tertiary alicyclic amines) is 1. The van der Waals surface area contributed by atoms with Crippen LogP contribution in [0.25, 0.3) is 16.4 Å². The molecule has 1 aliphatic heterocycles. The lowest BCUT2D eigenvalue weighted by atomic mass is 9.93. The SMILES string of the molecule is CC(C)c1c(CN2CCC[C@@H](C#N)C2)n2cnnc2c2ccc(Br)cc12. The van der Waals surface area contributed by atoms with Gasteiger partial charge in [-0.3, -0.25) is 9.30 Å². The van der Waals surface area contributed by atoms with Gasteiger partial charge >= 0.3 is 0 Å². The van der Waals surface area contributed by atoms with Crippen LogP contribution in [0.1, 0.15) is 43.9 Å². The van der Waals surface area contributed by atoms with Crippen LogP contribution in [0.5, 0.6) is 0 Å². The molecule has 0 aliphatic carbocycles. The number of hydrogen-bond acceptors (Lipinski definition) is 4. The maximum Gasteiger partial charge on any atom is 0.168 e. The summed E-state index contributed by atoms with van der Waals surface area (Å²) in [5.41, 5.74) is 3.48. The fourth-order valence-electron chi connectivity index (χ4n) is 4.16. The Balaban J connectivity index is 1.90. The summed E-state index contributed by atoms with van der Waals surface area (Å²) < 4.78 is 3.21. The molecular formula is C20H22BrN5. The van der Waals surface area contributed by atoms with Crippen molar-refractivity contribution in [3.8, 4) is 6.07 Å². The number of nitrogens with zero attached hydrogens (tertiary/aromatic N) is 5. The van der Waals surface area contributed by atoms with Crippen molar-refractivity contribution >= 4 is 32.3 Å². The third-order valence-corrected chi connectivity index (χ3v) is 5.79. The summed E-state index contributed by atoms with van der Waals surface area (Å²) in [6.45, 7) is 7.18. The van der Waals surface area contributed by atoms with E-state index in [1.807, 2.05) is 6.33 Å². The van der Waals surface area contributed by atoms with E-state index < -0.39 is 0 Å². The molecule has 1 saturated heterocycles. The molecule has 1 atom stereocenters. The Kier molecular flexibility index (Phi) is 4.68. The summed E-state index contributed by atoms with van der Waals surface area (Å²) >= 11 is 3.62. The number of nitriles is 1. The highest BCUT2D eigenvalue weighted by atomic mass is 79.9. The van der Waals surface area contributed by atoms with Crippen LogP contribution in [0.4, 0.5) is 0 Å². The summed E-state index contributed by atoms with van der Waals surface area (Å²) in [5.74, 6) is 0.516. The Bertz CT molecular complexity index is 1000. The van der Waals surface area contributed by atoms with Crippen molar-refractivity contribution in [1.82, 2.24) is 19.5 Å². The van der Waals surface area contributed by atoms with Crippen molar-refractivity contribution in [3.05, 3.63) is 40.3 Å². The lowest BCUT2D eigenvalue weighted by Gasteiger charge is -2.31. The molecule has 0 unspecified atom stereocenters. The van der Waals surface area contributed by atoms with Crippen molar-refractivity contribution < 1.29 is 0 Å². The predicted molar refractivity (Wildman–Crippen MR) is 106 cm³/mol. The molecule has 134 valence electrons. The quantitative estimate of drug-likeness (QED) is 0.636. The van der Waals surface area contributed by atoms with Crippen molar-refractivity contribution in [2.75, 3.05) is 13.1 Å². The molecule has 0 N–H and O–H groups in total. The number of aromatic nitrogens is 3. The second-order valence-corrected chi connectivity index (χ2v) is 8.35. The minimum atomic E-state index is 0.136. The molecule has 26 heavy (non-hydrogen) atoms. The molecule has 0 spiro atoms. The van der Waals surface area contributed by atoms with Crippen molar-refractivity contribution in [3.63, 3.8) is 0 Å². The Morgan fingerprint density at radius 2 is 2.19 bits per heavy atom. The van der Waals surface area contributed by atoms with Gasteiger partial charge in [-0.1, -0.05) is 29.8 Å². The molecule has 1 aliphatic rings. The van der Waals surface area contributed by atoms with Gasteiger partial charge in [0, 0.05) is 28.6 Å². The number of hydrogen-bond donors (Lipinski definition) is 0. The van der Waals surface area contributed by atoms with Gasteiger partial charge in [0.2, 0.25) is 0 Å². The van der Waals surface area contributed by atoms with Crippen molar-refractivity contribution in [2.45, 2.75) is 39.2 Å². The molecule has 6 heteroatoms. The van der Waals surface area contributed by atoms with Gasteiger partial charge in [-0.2, -0.15) is 5.26 Å². The Labute approximate surface area is 161 Å². The van der Waals surface area contributed by atoms with Crippen LogP contribution in [0, 0.1) is 17.2 Å². The van der Waals surface area contributed by atoms with Crippen LogP contribution in [0.15, 0.2) is 29.0 Å². The van der Waals surface area contributed by atoms with Gasteiger partial charge in [0.1, 0.15) is 6.33 Å². The number of halogens is 1. The molecule has 3 aromatic rings. The molecule has 5 nitrogen and oxygen atoms in total. The highest BCUT2D eigenvalue weighted by Crippen LogP contribution is 2.34. The molecule has 3 heterocycles. The van der Waals surface area contributed by atoms with E-state index in [9.17, 15) is 5.26 Å². The van der Waals surface area contributed by atoms with Crippen molar-refractivity contribution in [2.24, 2.45) is 5.92 Å². The maximum absolute atomic E-state index is 9.32. The molecule has 4 rings (SSSR count). The van der Waals surface area contributed by atoms with E-state index in [2.05, 4.69) is 73.5 Å². The van der Waals surface area contributed by atoms with E-state index in [0.29, 0.717) is 5.92 Å². The van der Waals surface area contributed by atoms with Crippen LogP contribution in [0.2, 0.25) is 0 Å². The average molecular weight is 412 g/mol. The lowest BCUT2D eigenvalue weighted by molar-refractivity contribution is 0.189. The number of rotatable bonds is 3. The van der Waals surface area contributed by atoms with Gasteiger partial charge in [0.15, 0.2) is 5.65 Å². The zero-order valence-electron chi connectivity index (χ0n) is 15.1. The van der Waals surface area contributed by atoms with E-state index in [1.165, 1.54) is 16.6 Å². The Hall–Kier alpha value is -1.97. The first-order chi connectivity index (χ1) is 12.6. The van der Waals surface area contributed by atoms with Crippen LogP contribution in [0.3, 0.4) is 0 Å². The molecule has 0 bridgehead atoms. The van der Waals surface area contributed by atoms with Gasteiger partial charge in [0.05, 0.1) is 12.0 Å². The fraction of sp³-hybridized carbons (Fsp3) is 0.450. The first-order valence-corrected chi connectivity index (χ1v) is 9.93.